The quantitative estimate of drug-likeness (QED) is 0.213. The first-order chi connectivity index (χ1) is 19.7. The highest BCUT2D eigenvalue weighted by molar-refractivity contribution is 5.93. The number of amides is 1. The maximum Gasteiger partial charge on any atom is 0.248 e. The number of carbonyl (C=O) groups is 1. The Balaban J connectivity index is 0.000000705. The molecule has 6 N–H and O–H groups in total. The highest BCUT2D eigenvalue weighted by Crippen LogP contribution is 2.11. The van der Waals surface area contributed by atoms with Gasteiger partial charge in [0.1, 0.15) is 5.69 Å². The number of imidazole rings is 1. The van der Waals surface area contributed by atoms with Gasteiger partial charge in [-0.1, -0.05) is 42.7 Å². The van der Waals surface area contributed by atoms with Gasteiger partial charge in [-0.25, -0.2) is 9.50 Å². The van der Waals surface area contributed by atoms with E-state index in [1.165, 1.54) is 24.3 Å². The number of nitrogens with two attached hydrogens (primary N) is 2. The summed E-state index contributed by atoms with van der Waals surface area (Å²) in [5, 5.41) is 17.5. The number of nitrogens with one attached hydrogen (secondary N) is 1. The van der Waals surface area contributed by atoms with E-state index < -0.39 is 5.91 Å². The molecule has 0 atom stereocenters. The second-order valence-corrected chi connectivity index (χ2v) is 8.19. The molecule has 0 fully saturated rings. The Hall–Kier alpha value is -5.02. The lowest BCUT2D eigenvalue weighted by Gasteiger charge is -2.00. The minimum absolute atomic E-state index is 0.446. The van der Waals surface area contributed by atoms with E-state index in [2.05, 4.69) is 78.1 Å². The predicted octanol–water partition coefficient (Wildman–Crippen LogP) is 4.53. The summed E-state index contributed by atoms with van der Waals surface area (Å²) >= 11 is 0. The van der Waals surface area contributed by atoms with Crippen molar-refractivity contribution in [3.63, 3.8) is 0 Å². The average molecular weight is 553 g/mol. The third-order valence-corrected chi connectivity index (χ3v) is 5.12. The summed E-state index contributed by atoms with van der Waals surface area (Å²) < 4.78 is 1.69. The number of carbonyl (C=O) groups excluding carboxylic acids is 1. The van der Waals surface area contributed by atoms with Gasteiger partial charge in [0.05, 0.1) is 12.4 Å². The minimum atomic E-state index is -0.463. The summed E-state index contributed by atoms with van der Waals surface area (Å²) in [4.78, 5) is 15.5. The lowest BCUT2D eigenvalue weighted by Crippen LogP contribution is -2.11. The van der Waals surface area contributed by atoms with Crippen LogP contribution in [-0.2, 0) is 0 Å². The number of hydrogen-bond acceptors (Lipinski definition) is 6. The van der Waals surface area contributed by atoms with Gasteiger partial charge < -0.3 is 22.0 Å². The number of allylic oxidation sites excluding steroid dienone is 1. The Morgan fingerprint density at radius 2 is 1.51 bits per heavy atom. The van der Waals surface area contributed by atoms with Crippen LogP contribution in [0, 0.1) is 56.8 Å². The highest BCUT2D eigenvalue weighted by Gasteiger charge is 2.04. The molecule has 1 amide bonds. The zero-order valence-electron chi connectivity index (χ0n) is 24.9. The van der Waals surface area contributed by atoms with E-state index in [9.17, 15) is 4.79 Å². The van der Waals surface area contributed by atoms with Crippen LogP contribution in [0.15, 0.2) is 67.5 Å². The third-order valence-electron chi connectivity index (χ3n) is 5.12. The Morgan fingerprint density at radius 3 is 2.07 bits per heavy atom. The van der Waals surface area contributed by atoms with Crippen molar-refractivity contribution in [2.45, 2.75) is 34.6 Å². The van der Waals surface area contributed by atoms with Crippen LogP contribution in [0.4, 0.5) is 0 Å². The number of rotatable bonds is 2. The molecule has 0 bridgehead atoms. The first-order valence-corrected chi connectivity index (χ1v) is 12.6. The van der Waals surface area contributed by atoms with E-state index >= 15 is 0 Å². The standard InChI is InChI=1S/C17H14N4O.C11H12.C3H5N.CH5N.CH4O/c1-11-7-16-19-10-15(21(16)20-9-11)6-5-13-8-14(17(18)22)4-3-12(13)2;1-4-5-11-8-9(2)6-7-10(11)3;1-2-3-4;2*1-2/h3-4,7-10H,1-2H3,(H2,18,22);6-8H,1-3H3;2-4H,1H2;2H2,1H3;2H,1H3. The topological polar surface area (TPSA) is 143 Å². The van der Waals surface area contributed by atoms with Crippen LogP contribution in [0.1, 0.15) is 56.4 Å². The van der Waals surface area contributed by atoms with Crippen LogP contribution in [0.5, 0.6) is 0 Å². The molecule has 0 aliphatic carbocycles. The molecule has 2 heterocycles. The van der Waals surface area contributed by atoms with Gasteiger partial charge in [-0.05, 0) is 94.1 Å². The van der Waals surface area contributed by atoms with Crippen LogP contribution in [-0.4, -0.2) is 46.0 Å². The fourth-order valence-corrected chi connectivity index (χ4v) is 3.10. The van der Waals surface area contributed by atoms with Gasteiger partial charge in [0.15, 0.2) is 5.65 Å². The van der Waals surface area contributed by atoms with Crippen molar-refractivity contribution in [1.82, 2.24) is 14.6 Å². The number of primary amides is 1. The van der Waals surface area contributed by atoms with E-state index in [4.69, 9.17) is 16.2 Å². The number of aryl methyl sites for hydroxylation is 4. The molecule has 4 aromatic rings. The van der Waals surface area contributed by atoms with Gasteiger partial charge in [-0.2, -0.15) is 5.10 Å². The first-order valence-electron chi connectivity index (χ1n) is 12.6. The normalized spacial score (nSPS) is 8.61. The van der Waals surface area contributed by atoms with Gasteiger partial charge in [-0.15, -0.1) is 5.92 Å². The summed E-state index contributed by atoms with van der Waals surface area (Å²) in [6.45, 7) is 13.2. The van der Waals surface area contributed by atoms with Gasteiger partial charge >= 0.3 is 0 Å². The van der Waals surface area contributed by atoms with E-state index in [-0.39, 0.29) is 0 Å². The summed E-state index contributed by atoms with van der Waals surface area (Å²) in [6, 6.07) is 13.5. The Bertz CT molecular complexity index is 1560. The summed E-state index contributed by atoms with van der Waals surface area (Å²) in [6.07, 6.45) is 6.00. The summed E-state index contributed by atoms with van der Waals surface area (Å²) in [5.74, 6) is 11.6. The highest BCUT2D eigenvalue weighted by atomic mass is 16.2. The lowest BCUT2D eigenvalue weighted by atomic mass is 10.0. The van der Waals surface area contributed by atoms with Crippen molar-refractivity contribution >= 4 is 17.8 Å². The molecule has 8 heteroatoms. The number of aliphatic hydroxyl groups excluding tert-OH is 1. The van der Waals surface area contributed by atoms with Crippen LogP contribution < -0.4 is 11.5 Å². The molecule has 0 saturated heterocycles. The second-order valence-electron chi connectivity index (χ2n) is 8.19. The second kappa shape index (κ2) is 20.0. The zero-order chi connectivity index (χ0) is 31.4. The van der Waals surface area contributed by atoms with Gasteiger partial charge in [0.2, 0.25) is 5.91 Å². The van der Waals surface area contributed by atoms with Crippen molar-refractivity contribution in [3.8, 4) is 23.7 Å². The molecular formula is C33H40N6O2. The first kappa shape index (κ1) is 36.0. The fraction of sp³-hybridized carbons (Fsp3) is 0.212. The van der Waals surface area contributed by atoms with Crippen LogP contribution in [0.25, 0.3) is 5.65 Å². The van der Waals surface area contributed by atoms with Crippen molar-refractivity contribution in [3.05, 3.63) is 112 Å². The van der Waals surface area contributed by atoms with Crippen molar-refractivity contribution in [1.29, 1.82) is 5.41 Å². The SMILES string of the molecule is C=CC=N.CC#Cc1cc(C)ccc1C.CN.CO.Cc1cnn2c(C#Cc3cc(C(N)=O)ccc3C)cnc2c1. The van der Waals surface area contributed by atoms with Crippen LogP contribution in [0.3, 0.4) is 0 Å². The average Bonchev–Trinajstić information content (AvgIpc) is 3.39. The molecule has 0 spiro atoms. The Morgan fingerprint density at radius 1 is 0.927 bits per heavy atom. The maximum atomic E-state index is 11.3. The molecule has 8 nitrogen and oxygen atoms in total. The van der Waals surface area contributed by atoms with E-state index in [0.29, 0.717) is 11.3 Å². The lowest BCUT2D eigenvalue weighted by molar-refractivity contribution is 0.1000. The molecular weight excluding hydrogens is 512 g/mol. The molecule has 0 aliphatic rings. The summed E-state index contributed by atoms with van der Waals surface area (Å²) in [7, 11) is 2.50. The molecule has 0 radical (unpaired) electrons. The van der Waals surface area contributed by atoms with E-state index in [1.54, 1.807) is 29.0 Å². The monoisotopic (exact) mass is 552 g/mol. The number of aliphatic hydroxyl groups is 1. The summed E-state index contributed by atoms with van der Waals surface area (Å²) in [5.41, 5.74) is 18.2. The molecule has 2 aromatic heterocycles. The molecule has 0 saturated carbocycles. The van der Waals surface area contributed by atoms with Crippen molar-refractivity contribution < 1.29 is 9.90 Å². The number of hydrogen-bond donors (Lipinski definition) is 4. The fourth-order valence-electron chi connectivity index (χ4n) is 3.10. The van der Waals surface area contributed by atoms with Crippen LogP contribution in [0.2, 0.25) is 0 Å². The molecule has 4 rings (SSSR count). The molecule has 2 aromatic carbocycles. The number of aromatic nitrogens is 3. The van der Waals surface area contributed by atoms with Crippen molar-refractivity contribution in [2.24, 2.45) is 11.5 Å². The number of fused-ring (bicyclic) bond motifs is 1. The smallest absolute Gasteiger partial charge is 0.248 e. The third kappa shape index (κ3) is 12.1. The Labute approximate surface area is 243 Å². The zero-order valence-corrected chi connectivity index (χ0v) is 24.9. The predicted molar refractivity (Wildman–Crippen MR) is 169 cm³/mol. The molecule has 0 aliphatic heterocycles. The van der Waals surface area contributed by atoms with E-state index in [1.807, 2.05) is 32.9 Å². The molecule has 0 unspecified atom stereocenters. The number of nitrogens with zero attached hydrogens (tertiary/aromatic N) is 3. The van der Waals surface area contributed by atoms with Gasteiger partial charge in [-0.3, -0.25) is 4.79 Å². The molecule has 214 valence electrons. The Kier molecular flexibility index (Phi) is 17.5. The number of benzene rings is 2. The molecule has 41 heavy (non-hydrogen) atoms. The van der Waals surface area contributed by atoms with Gasteiger partial charge in [0.25, 0.3) is 0 Å². The van der Waals surface area contributed by atoms with Crippen molar-refractivity contribution in [2.75, 3.05) is 14.2 Å². The van der Waals surface area contributed by atoms with Gasteiger partial charge in [0, 0.05) is 30.0 Å². The van der Waals surface area contributed by atoms with E-state index in [0.717, 1.165) is 41.2 Å². The maximum absolute atomic E-state index is 11.3. The minimum Gasteiger partial charge on any atom is -0.400 e. The largest absolute Gasteiger partial charge is 0.400 e. The van der Waals surface area contributed by atoms with Crippen LogP contribution >= 0.6 is 0 Å².